The molecule has 0 radical (unpaired) electrons. The fourth-order valence-corrected chi connectivity index (χ4v) is 3.57. The van der Waals surface area contributed by atoms with E-state index in [0.29, 0.717) is 5.69 Å². The second-order valence-corrected chi connectivity index (χ2v) is 8.38. The molecule has 0 aromatic heterocycles. The summed E-state index contributed by atoms with van der Waals surface area (Å²) in [5.74, 6) is -0.365. The second-order valence-electron chi connectivity index (χ2n) is 6.32. The van der Waals surface area contributed by atoms with E-state index in [-0.39, 0.29) is 21.4 Å². The average Bonchev–Trinajstić information content (AvgIpc) is 2.46. The van der Waals surface area contributed by atoms with Crippen molar-refractivity contribution in [2.24, 2.45) is 0 Å². The lowest BCUT2D eigenvalue weighted by Gasteiger charge is -2.20. The van der Waals surface area contributed by atoms with E-state index >= 15 is 0 Å². The Morgan fingerprint density at radius 2 is 1.67 bits per heavy atom. The predicted octanol–water partition coefficient (Wildman–Crippen LogP) is 3.67. The van der Waals surface area contributed by atoms with Gasteiger partial charge < -0.3 is 5.32 Å². The van der Waals surface area contributed by atoms with Gasteiger partial charge in [0, 0.05) is 16.8 Å². The third-order valence-electron chi connectivity index (χ3n) is 3.00. The SMILES string of the molecule is CC(C)(C)NC(=O)c1ccc(Cl)c(S(=O)(=O)Nc2ccccc2)c1. The van der Waals surface area contributed by atoms with E-state index in [1.807, 2.05) is 20.8 Å². The number of sulfonamides is 1. The van der Waals surface area contributed by atoms with Gasteiger partial charge in [-0.2, -0.15) is 0 Å². The largest absolute Gasteiger partial charge is 0.347 e. The molecule has 0 fully saturated rings. The number of anilines is 1. The minimum Gasteiger partial charge on any atom is -0.347 e. The number of carbonyl (C=O) groups is 1. The Balaban J connectivity index is 2.36. The Morgan fingerprint density at radius 1 is 1.04 bits per heavy atom. The standard InChI is InChI=1S/C17H19ClN2O3S/c1-17(2,3)19-16(21)12-9-10-14(18)15(11-12)24(22,23)20-13-7-5-4-6-8-13/h4-11,20H,1-3H3,(H,19,21). The summed E-state index contributed by atoms with van der Waals surface area (Å²) >= 11 is 6.03. The van der Waals surface area contributed by atoms with Crippen LogP contribution in [0.15, 0.2) is 53.4 Å². The number of benzene rings is 2. The fraction of sp³-hybridized carbons (Fsp3) is 0.235. The summed E-state index contributed by atoms with van der Waals surface area (Å²) in [7, 11) is -3.91. The summed E-state index contributed by atoms with van der Waals surface area (Å²) < 4.78 is 27.6. The number of carbonyl (C=O) groups excluding carboxylic acids is 1. The zero-order valence-electron chi connectivity index (χ0n) is 13.6. The minimum atomic E-state index is -3.91. The van der Waals surface area contributed by atoms with Gasteiger partial charge in [0.1, 0.15) is 4.90 Å². The molecule has 128 valence electrons. The third-order valence-corrected chi connectivity index (χ3v) is 4.86. The van der Waals surface area contributed by atoms with Crippen molar-refractivity contribution in [3.63, 3.8) is 0 Å². The zero-order valence-corrected chi connectivity index (χ0v) is 15.2. The predicted molar refractivity (Wildman–Crippen MR) is 95.9 cm³/mol. The minimum absolute atomic E-state index is 0.0470. The van der Waals surface area contributed by atoms with Crippen molar-refractivity contribution in [1.29, 1.82) is 0 Å². The summed E-state index contributed by atoms with van der Waals surface area (Å²) in [6.07, 6.45) is 0. The van der Waals surface area contributed by atoms with Crippen molar-refractivity contribution >= 4 is 33.2 Å². The van der Waals surface area contributed by atoms with Crippen molar-refractivity contribution in [3.8, 4) is 0 Å². The highest BCUT2D eigenvalue weighted by Crippen LogP contribution is 2.25. The lowest BCUT2D eigenvalue weighted by Crippen LogP contribution is -2.40. The van der Waals surface area contributed by atoms with Gasteiger partial charge in [0.05, 0.1) is 5.02 Å². The summed E-state index contributed by atoms with van der Waals surface area (Å²) in [5, 5.41) is 2.83. The van der Waals surface area contributed by atoms with Crippen molar-refractivity contribution in [2.45, 2.75) is 31.2 Å². The molecule has 0 aliphatic carbocycles. The molecule has 7 heteroatoms. The van der Waals surface area contributed by atoms with Crippen LogP contribution in [0.1, 0.15) is 31.1 Å². The van der Waals surface area contributed by atoms with Gasteiger partial charge in [0.15, 0.2) is 0 Å². The lowest BCUT2D eigenvalue weighted by atomic mass is 10.1. The smallest absolute Gasteiger partial charge is 0.263 e. The number of nitrogens with one attached hydrogen (secondary N) is 2. The molecule has 0 saturated carbocycles. The molecule has 0 unspecified atom stereocenters. The van der Waals surface area contributed by atoms with Gasteiger partial charge in [-0.1, -0.05) is 29.8 Å². The molecule has 2 N–H and O–H groups in total. The zero-order chi connectivity index (χ0) is 18.0. The highest BCUT2D eigenvalue weighted by molar-refractivity contribution is 7.92. The van der Waals surface area contributed by atoms with E-state index in [9.17, 15) is 13.2 Å². The quantitative estimate of drug-likeness (QED) is 0.866. The number of amides is 1. The topological polar surface area (TPSA) is 75.3 Å². The van der Waals surface area contributed by atoms with Crippen LogP contribution in [0.2, 0.25) is 5.02 Å². The number of hydrogen-bond acceptors (Lipinski definition) is 3. The van der Waals surface area contributed by atoms with Crippen LogP contribution in [0.4, 0.5) is 5.69 Å². The molecule has 0 bridgehead atoms. The van der Waals surface area contributed by atoms with Gasteiger partial charge in [0.2, 0.25) is 0 Å². The molecular weight excluding hydrogens is 348 g/mol. The molecular formula is C17H19ClN2O3S. The first-order valence-corrected chi connectivity index (χ1v) is 9.14. The van der Waals surface area contributed by atoms with Gasteiger partial charge >= 0.3 is 0 Å². The molecule has 2 aromatic carbocycles. The van der Waals surface area contributed by atoms with E-state index in [1.54, 1.807) is 30.3 Å². The van der Waals surface area contributed by atoms with Gasteiger partial charge in [-0.3, -0.25) is 9.52 Å². The van der Waals surface area contributed by atoms with Crippen LogP contribution in [0.5, 0.6) is 0 Å². The Kier molecular flexibility index (Phi) is 5.20. The first-order valence-electron chi connectivity index (χ1n) is 7.28. The van der Waals surface area contributed by atoms with Crippen molar-refractivity contribution in [3.05, 3.63) is 59.1 Å². The molecule has 0 heterocycles. The molecule has 0 aliphatic rings. The van der Waals surface area contributed by atoms with Gasteiger partial charge in [-0.05, 0) is 51.1 Å². The highest BCUT2D eigenvalue weighted by Gasteiger charge is 2.22. The number of halogens is 1. The van der Waals surface area contributed by atoms with Crippen LogP contribution in [-0.2, 0) is 10.0 Å². The van der Waals surface area contributed by atoms with Gasteiger partial charge in [0.25, 0.3) is 15.9 Å². The van der Waals surface area contributed by atoms with E-state index < -0.39 is 15.6 Å². The summed E-state index contributed by atoms with van der Waals surface area (Å²) in [6.45, 7) is 5.53. The lowest BCUT2D eigenvalue weighted by molar-refractivity contribution is 0.0919. The number of para-hydroxylation sites is 1. The van der Waals surface area contributed by atoms with Crippen molar-refractivity contribution in [1.82, 2.24) is 5.32 Å². The molecule has 0 aliphatic heterocycles. The van der Waals surface area contributed by atoms with Crippen LogP contribution in [0, 0.1) is 0 Å². The number of rotatable bonds is 4. The maximum Gasteiger partial charge on any atom is 0.263 e. The third kappa shape index (κ3) is 4.72. The molecule has 0 atom stereocenters. The van der Waals surface area contributed by atoms with Crippen LogP contribution in [0.3, 0.4) is 0 Å². The van der Waals surface area contributed by atoms with E-state index in [1.165, 1.54) is 18.2 Å². The van der Waals surface area contributed by atoms with Gasteiger partial charge in [-0.15, -0.1) is 0 Å². The van der Waals surface area contributed by atoms with Crippen molar-refractivity contribution in [2.75, 3.05) is 4.72 Å². The van der Waals surface area contributed by atoms with E-state index in [2.05, 4.69) is 10.0 Å². The van der Waals surface area contributed by atoms with Crippen molar-refractivity contribution < 1.29 is 13.2 Å². The van der Waals surface area contributed by atoms with Crippen LogP contribution < -0.4 is 10.0 Å². The maximum atomic E-state index is 12.6. The van der Waals surface area contributed by atoms with Gasteiger partial charge in [-0.25, -0.2) is 8.42 Å². The number of hydrogen-bond donors (Lipinski definition) is 2. The Bertz CT molecular complexity index is 844. The molecule has 0 spiro atoms. The Labute approximate surface area is 147 Å². The molecule has 24 heavy (non-hydrogen) atoms. The fourth-order valence-electron chi connectivity index (χ4n) is 1.98. The second kappa shape index (κ2) is 6.83. The highest BCUT2D eigenvalue weighted by atomic mass is 35.5. The Hall–Kier alpha value is -2.05. The summed E-state index contributed by atoms with van der Waals surface area (Å²) in [5.41, 5.74) is 0.207. The van der Waals surface area contributed by atoms with Crippen LogP contribution >= 0.6 is 11.6 Å². The Morgan fingerprint density at radius 3 is 2.25 bits per heavy atom. The van der Waals surface area contributed by atoms with E-state index in [4.69, 9.17) is 11.6 Å². The molecule has 2 aromatic rings. The summed E-state index contributed by atoms with van der Waals surface area (Å²) in [4.78, 5) is 12.1. The molecule has 1 amide bonds. The average molecular weight is 367 g/mol. The summed E-state index contributed by atoms with van der Waals surface area (Å²) in [6, 6.07) is 12.6. The van der Waals surface area contributed by atoms with Crippen LogP contribution in [0.25, 0.3) is 0 Å². The molecule has 2 rings (SSSR count). The molecule has 5 nitrogen and oxygen atoms in total. The molecule has 0 saturated heterocycles. The first-order chi connectivity index (χ1) is 11.1. The monoisotopic (exact) mass is 366 g/mol. The normalized spacial score (nSPS) is 11.8. The first kappa shape index (κ1) is 18.3. The van der Waals surface area contributed by atoms with Crippen LogP contribution in [-0.4, -0.2) is 19.9 Å². The van der Waals surface area contributed by atoms with E-state index in [0.717, 1.165) is 0 Å². The maximum absolute atomic E-state index is 12.6.